The molecule has 0 unspecified atom stereocenters. The minimum absolute atomic E-state index is 0. The Kier molecular flexibility index (Phi) is 9.71. The Balaban J connectivity index is 0. The fourth-order valence-electron chi connectivity index (χ4n) is 0.938. The van der Waals surface area contributed by atoms with E-state index in [1.165, 1.54) is 0 Å². The first-order chi connectivity index (χ1) is 6.79. The van der Waals surface area contributed by atoms with Gasteiger partial charge in [0.25, 0.3) is 0 Å². The fraction of sp³-hybridized carbons (Fsp3) is 1.00. The van der Waals surface area contributed by atoms with Crippen molar-refractivity contribution in [3.8, 4) is 0 Å². The molecule has 0 aromatic carbocycles. The Labute approximate surface area is 155 Å². The summed E-state index contributed by atoms with van der Waals surface area (Å²) in [6.45, 7) is 18.2. The van der Waals surface area contributed by atoms with Crippen molar-refractivity contribution in [1.82, 2.24) is 0 Å². The van der Waals surface area contributed by atoms with Crippen LogP contribution < -0.4 is 0 Å². The molecule has 0 N–H and O–H groups in total. The standard InChI is InChI=1S/3C4H9O.Al.K.H/c3*1-4(2,3)5;;;/h3*1-3H3;;;/q3*-1;+3;;. The third-order valence-electron chi connectivity index (χ3n) is 1.35. The van der Waals surface area contributed by atoms with Crippen molar-refractivity contribution in [1.29, 1.82) is 0 Å². The van der Waals surface area contributed by atoms with Crippen molar-refractivity contribution in [2.24, 2.45) is 0 Å². The SMILES string of the molecule is CC(C)(C)[O][Al]([O]C(C)(C)C)[O]C(C)(C)C.[KH]. The van der Waals surface area contributed by atoms with E-state index in [9.17, 15) is 0 Å². The quantitative estimate of drug-likeness (QED) is 0.747. The Morgan fingerprint density at radius 1 is 0.529 bits per heavy atom. The van der Waals surface area contributed by atoms with Crippen LogP contribution in [0.2, 0.25) is 0 Å². The molecule has 0 aromatic rings. The van der Waals surface area contributed by atoms with Crippen LogP contribution in [0.4, 0.5) is 0 Å². The van der Waals surface area contributed by atoms with E-state index < -0.39 is 15.1 Å². The second kappa shape index (κ2) is 7.73. The molecule has 0 rings (SSSR count). The number of hydrogen-bond donors (Lipinski definition) is 0. The molecule has 5 heteroatoms. The normalized spacial score (nSPS) is 13.2. The summed E-state index contributed by atoms with van der Waals surface area (Å²) in [5.41, 5.74) is -0.686. The van der Waals surface area contributed by atoms with Gasteiger partial charge >= 0.3 is 66.5 Å². The van der Waals surface area contributed by atoms with Crippen molar-refractivity contribution in [2.75, 3.05) is 0 Å². The van der Waals surface area contributed by atoms with Gasteiger partial charge in [0, 0.05) is 16.8 Å². The van der Waals surface area contributed by atoms with Gasteiger partial charge in [0.05, 0.1) is 0 Å². The van der Waals surface area contributed by atoms with Crippen molar-refractivity contribution in [3.63, 3.8) is 0 Å². The van der Waals surface area contributed by atoms with Gasteiger partial charge < -0.3 is 11.4 Å². The molecule has 0 saturated heterocycles. The molecule has 0 aliphatic rings. The third kappa shape index (κ3) is 16.0. The van der Waals surface area contributed by atoms with Gasteiger partial charge in [-0.2, -0.15) is 0 Å². The Bertz CT molecular complexity index is 175. The van der Waals surface area contributed by atoms with Gasteiger partial charge in [-0.05, 0) is 62.3 Å². The van der Waals surface area contributed by atoms with Crippen LogP contribution in [0.3, 0.4) is 0 Å². The molecule has 0 amide bonds. The molecule has 0 heterocycles. The zero-order valence-corrected chi connectivity index (χ0v) is 13.5. The van der Waals surface area contributed by atoms with E-state index in [1.807, 2.05) is 62.3 Å². The Morgan fingerprint density at radius 3 is 0.824 bits per heavy atom. The first kappa shape index (κ1) is 21.3. The van der Waals surface area contributed by atoms with Gasteiger partial charge in [0.15, 0.2) is 0 Å². The molecule has 0 fully saturated rings. The van der Waals surface area contributed by atoms with E-state index >= 15 is 0 Å². The fourth-order valence-corrected chi connectivity index (χ4v) is 2.81. The topological polar surface area (TPSA) is 27.7 Å². The summed E-state index contributed by atoms with van der Waals surface area (Å²) < 4.78 is 17.7. The van der Waals surface area contributed by atoms with Crippen molar-refractivity contribution >= 4 is 66.5 Å². The monoisotopic (exact) mass is 286 g/mol. The second-order valence-electron chi connectivity index (χ2n) is 6.98. The van der Waals surface area contributed by atoms with Gasteiger partial charge in [0.2, 0.25) is 0 Å². The van der Waals surface area contributed by atoms with E-state index in [-0.39, 0.29) is 68.2 Å². The van der Waals surface area contributed by atoms with Crippen LogP contribution in [-0.2, 0) is 11.4 Å². The third-order valence-corrected chi connectivity index (χ3v) is 4.05. The molecule has 0 saturated carbocycles. The van der Waals surface area contributed by atoms with E-state index in [0.717, 1.165) is 0 Å². The summed E-state index contributed by atoms with van der Waals surface area (Å²) in [5.74, 6) is 0. The summed E-state index contributed by atoms with van der Waals surface area (Å²) >= 11 is -2.11. The van der Waals surface area contributed by atoms with Crippen LogP contribution >= 0.6 is 0 Å². The van der Waals surface area contributed by atoms with Gasteiger partial charge in [-0.3, -0.25) is 0 Å². The first-order valence-corrected chi connectivity index (χ1v) is 7.23. The van der Waals surface area contributed by atoms with E-state index in [2.05, 4.69) is 0 Å². The molecule has 3 nitrogen and oxygen atoms in total. The van der Waals surface area contributed by atoms with E-state index in [4.69, 9.17) is 11.4 Å². The summed E-state index contributed by atoms with van der Waals surface area (Å²) in [6, 6.07) is 0. The molecule has 0 atom stereocenters. The zero-order chi connectivity index (χ0) is 13.2. The minimum atomic E-state index is -2.11. The molecule has 17 heavy (non-hydrogen) atoms. The van der Waals surface area contributed by atoms with Crippen LogP contribution in [0.1, 0.15) is 62.3 Å². The van der Waals surface area contributed by atoms with Crippen LogP contribution in [0, 0.1) is 0 Å². The van der Waals surface area contributed by atoms with Crippen molar-refractivity contribution in [3.05, 3.63) is 0 Å². The second-order valence-corrected chi connectivity index (χ2v) is 8.26. The summed E-state index contributed by atoms with van der Waals surface area (Å²) in [5, 5.41) is 0. The Hall–Kier alpha value is 2.05. The van der Waals surface area contributed by atoms with Gasteiger partial charge in [0.1, 0.15) is 0 Å². The molecule has 98 valence electrons. The predicted molar refractivity (Wildman–Crippen MR) is 75.4 cm³/mol. The van der Waals surface area contributed by atoms with Gasteiger partial charge in [-0.15, -0.1) is 0 Å². The molecule has 0 aliphatic carbocycles. The van der Waals surface area contributed by atoms with Crippen molar-refractivity contribution < 1.29 is 11.4 Å². The average Bonchev–Trinajstić information content (AvgIpc) is 1.70. The average molecular weight is 286 g/mol. The van der Waals surface area contributed by atoms with Gasteiger partial charge in [-0.25, -0.2) is 0 Å². The molecular formula is C12H28AlKO3. The molecule has 0 spiro atoms. The van der Waals surface area contributed by atoms with E-state index in [0.29, 0.717) is 0 Å². The maximum atomic E-state index is 5.88. The van der Waals surface area contributed by atoms with Crippen LogP contribution in [0.25, 0.3) is 0 Å². The predicted octanol–water partition coefficient (Wildman–Crippen LogP) is 2.77. The molecular weight excluding hydrogens is 258 g/mol. The van der Waals surface area contributed by atoms with E-state index in [1.54, 1.807) is 0 Å². The van der Waals surface area contributed by atoms with Gasteiger partial charge in [-0.1, -0.05) is 0 Å². The molecule has 0 aliphatic heterocycles. The molecule has 0 aromatic heterocycles. The summed E-state index contributed by atoms with van der Waals surface area (Å²) in [7, 11) is 0. The zero-order valence-electron chi connectivity index (χ0n) is 12.3. The number of hydrogen-bond acceptors (Lipinski definition) is 3. The first-order valence-electron chi connectivity index (χ1n) is 5.82. The maximum absolute atomic E-state index is 5.88. The van der Waals surface area contributed by atoms with Crippen LogP contribution in [0.5, 0.6) is 0 Å². The van der Waals surface area contributed by atoms with Crippen molar-refractivity contribution in [2.45, 2.75) is 79.1 Å². The molecule has 0 radical (unpaired) electrons. The Morgan fingerprint density at radius 2 is 0.706 bits per heavy atom. The van der Waals surface area contributed by atoms with Crippen LogP contribution in [-0.4, -0.2) is 83.3 Å². The summed E-state index contributed by atoms with van der Waals surface area (Å²) in [6.07, 6.45) is 0. The summed E-state index contributed by atoms with van der Waals surface area (Å²) in [4.78, 5) is 0. The number of rotatable bonds is 3. The van der Waals surface area contributed by atoms with Crippen LogP contribution in [0.15, 0.2) is 0 Å². The molecule has 0 bridgehead atoms.